The molecule has 1 unspecified atom stereocenters. The van der Waals surface area contributed by atoms with Crippen LogP contribution in [0.4, 0.5) is 4.39 Å². The first-order chi connectivity index (χ1) is 7.72. The first-order valence-electron chi connectivity index (χ1n) is 4.66. The number of pyridine rings is 1. The van der Waals surface area contributed by atoms with E-state index in [4.69, 9.17) is 5.26 Å². The zero-order valence-electron chi connectivity index (χ0n) is 8.22. The van der Waals surface area contributed by atoms with Gasteiger partial charge in [0.25, 0.3) is 0 Å². The molecule has 0 fully saturated rings. The Kier molecular flexibility index (Phi) is 2.61. The molecular weight excluding hydrogens is 207 g/mol. The van der Waals surface area contributed by atoms with Crippen LogP contribution in [0.5, 0.6) is 0 Å². The molecule has 0 aliphatic heterocycles. The molecule has 78 valence electrons. The molecule has 0 radical (unpaired) electrons. The molecule has 0 aliphatic rings. The number of hydrogen-bond donors (Lipinski definition) is 0. The van der Waals surface area contributed by atoms with E-state index in [9.17, 15) is 9.18 Å². The molecule has 0 saturated carbocycles. The third-order valence-corrected chi connectivity index (χ3v) is 2.19. The van der Waals surface area contributed by atoms with Crippen LogP contribution in [0.1, 0.15) is 10.5 Å². The number of nitrogens with zero attached hydrogens (tertiary/aromatic N) is 2. The van der Waals surface area contributed by atoms with Crippen LogP contribution >= 0.6 is 0 Å². The lowest BCUT2D eigenvalue weighted by atomic mass is 10.1. The van der Waals surface area contributed by atoms with Crippen molar-refractivity contribution in [2.24, 2.45) is 0 Å². The Balaban J connectivity index is 2.48. The third kappa shape index (κ3) is 1.75. The largest absolute Gasteiger partial charge is 0.288 e. The first kappa shape index (κ1) is 10.2. The second-order valence-corrected chi connectivity index (χ2v) is 3.25. The average molecular weight is 214 g/mol. The summed E-state index contributed by atoms with van der Waals surface area (Å²) in [4.78, 5) is 15.4. The maximum absolute atomic E-state index is 12.9. The van der Waals surface area contributed by atoms with Crippen LogP contribution in [0.3, 0.4) is 0 Å². The Morgan fingerprint density at radius 2 is 2.06 bits per heavy atom. The number of Topliss-reactive ketones (excluding diaryl/α,β-unsaturated/α-hetero) is 1. The molecule has 1 atom stereocenters. The van der Waals surface area contributed by atoms with Crippen LogP contribution in [-0.2, 0) is 0 Å². The van der Waals surface area contributed by atoms with Gasteiger partial charge in [0.1, 0.15) is 11.8 Å². The van der Waals surface area contributed by atoms with E-state index in [2.05, 4.69) is 4.98 Å². The van der Waals surface area contributed by atoms with Gasteiger partial charge in [-0.25, -0.2) is 9.37 Å². The van der Waals surface area contributed by atoms with E-state index in [0.717, 1.165) is 5.39 Å². The minimum Gasteiger partial charge on any atom is -0.288 e. The fourth-order valence-corrected chi connectivity index (χ4v) is 1.39. The predicted octanol–water partition coefficient (Wildman–Crippen LogP) is 2.28. The molecule has 0 spiro atoms. The second-order valence-electron chi connectivity index (χ2n) is 3.25. The summed E-state index contributed by atoms with van der Waals surface area (Å²) < 4.78 is 12.9. The van der Waals surface area contributed by atoms with Crippen molar-refractivity contribution in [3.05, 3.63) is 42.1 Å². The Hall–Kier alpha value is -2.28. The summed E-state index contributed by atoms with van der Waals surface area (Å²) >= 11 is 0. The Morgan fingerprint density at radius 1 is 1.31 bits per heavy atom. The smallest absolute Gasteiger partial charge is 0.249 e. The van der Waals surface area contributed by atoms with E-state index in [-0.39, 0.29) is 5.69 Å². The molecule has 1 aromatic heterocycles. The standard InChI is InChI=1S/C12H7FN2O/c13-9(7-14)12(16)11-6-5-8-3-1-2-4-10(8)15-11/h1-6,9H. The van der Waals surface area contributed by atoms with Crippen LogP contribution < -0.4 is 0 Å². The summed E-state index contributed by atoms with van der Waals surface area (Å²) in [6, 6.07) is 11.6. The van der Waals surface area contributed by atoms with E-state index in [1.165, 1.54) is 12.1 Å². The van der Waals surface area contributed by atoms with Crippen molar-refractivity contribution in [1.82, 2.24) is 4.98 Å². The van der Waals surface area contributed by atoms with E-state index in [0.29, 0.717) is 5.52 Å². The van der Waals surface area contributed by atoms with Crippen LogP contribution in [0, 0.1) is 11.3 Å². The molecule has 3 nitrogen and oxygen atoms in total. The molecule has 2 aromatic rings. The van der Waals surface area contributed by atoms with Crippen molar-refractivity contribution >= 4 is 16.7 Å². The molecule has 0 N–H and O–H groups in total. The number of fused-ring (bicyclic) bond motifs is 1. The summed E-state index contributed by atoms with van der Waals surface area (Å²) in [5.74, 6) is -0.895. The van der Waals surface area contributed by atoms with Crippen molar-refractivity contribution in [3.63, 3.8) is 0 Å². The maximum Gasteiger partial charge on any atom is 0.249 e. The molecule has 2 rings (SSSR count). The van der Waals surface area contributed by atoms with Gasteiger partial charge in [-0.15, -0.1) is 0 Å². The molecule has 0 bridgehead atoms. The van der Waals surface area contributed by atoms with Gasteiger partial charge in [0.15, 0.2) is 0 Å². The lowest BCUT2D eigenvalue weighted by Crippen LogP contribution is -2.14. The fraction of sp³-hybridized carbons (Fsp3) is 0.0833. The highest BCUT2D eigenvalue weighted by Crippen LogP contribution is 2.13. The molecule has 0 aliphatic carbocycles. The van der Waals surface area contributed by atoms with Gasteiger partial charge in [-0.2, -0.15) is 5.26 Å². The second kappa shape index (κ2) is 4.07. The molecule has 16 heavy (non-hydrogen) atoms. The summed E-state index contributed by atoms with van der Waals surface area (Å²) in [5.41, 5.74) is 0.589. The number of para-hydroxylation sites is 1. The highest BCUT2D eigenvalue weighted by Gasteiger charge is 2.19. The number of benzene rings is 1. The van der Waals surface area contributed by atoms with Crippen LogP contribution in [-0.4, -0.2) is 16.9 Å². The molecular formula is C12H7FN2O. The van der Waals surface area contributed by atoms with Crippen LogP contribution in [0.15, 0.2) is 36.4 Å². The van der Waals surface area contributed by atoms with Crippen molar-refractivity contribution in [2.45, 2.75) is 6.17 Å². The number of carbonyl (C=O) groups is 1. The zero-order valence-corrected chi connectivity index (χ0v) is 8.22. The SMILES string of the molecule is N#CC(F)C(=O)c1ccc2ccccc2n1. The Labute approximate surface area is 91.1 Å². The number of hydrogen-bond acceptors (Lipinski definition) is 3. The van der Waals surface area contributed by atoms with E-state index in [1.54, 1.807) is 18.2 Å². The quantitative estimate of drug-likeness (QED) is 0.720. The highest BCUT2D eigenvalue weighted by atomic mass is 19.1. The van der Waals surface area contributed by atoms with E-state index in [1.807, 2.05) is 12.1 Å². The monoisotopic (exact) mass is 214 g/mol. The number of alkyl halides is 1. The molecule has 0 amide bonds. The minimum absolute atomic E-state index is 0.0206. The van der Waals surface area contributed by atoms with Crippen molar-refractivity contribution in [2.75, 3.05) is 0 Å². The van der Waals surface area contributed by atoms with Gasteiger partial charge >= 0.3 is 0 Å². The fourth-order valence-electron chi connectivity index (χ4n) is 1.39. The number of carbonyl (C=O) groups excluding carboxylic acids is 1. The first-order valence-corrected chi connectivity index (χ1v) is 4.66. The van der Waals surface area contributed by atoms with Gasteiger partial charge in [-0.05, 0) is 12.1 Å². The molecule has 0 saturated heterocycles. The third-order valence-electron chi connectivity index (χ3n) is 2.19. The number of nitriles is 1. The zero-order chi connectivity index (χ0) is 11.5. The summed E-state index contributed by atoms with van der Waals surface area (Å²) in [6.07, 6.45) is -2.14. The van der Waals surface area contributed by atoms with Gasteiger partial charge < -0.3 is 0 Å². The Bertz CT molecular complexity index is 589. The number of ketones is 1. The molecule has 4 heteroatoms. The lowest BCUT2D eigenvalue weighted by molar-refractivity contribution is 0.0914. The molecule has 1 heterocycles. The van der Waals surface area contributed by atoms with E-state index < -0.39 is 12.0 Å². The maximum atomic E-state index is 12.9. The predicted molar refractivity (Wildman–Crippen MR) is 56.6 cm³/mol. The van der Waals surface area contributed by atoms with Crippen LogP contribution in [0.2, 0.25) is 0 Å². The summed E-state index contributed by atoms with van der Waals surface area (Å²) in [5, 5.41) is 9.17. The average Bonchev–Trinajstić information content (AvgIpc) is 2.36. The minimum atomic E-state index is -2.14. The number of halogens is 1. The number of aromatic nitrogens is 1. The molecule has 1 aromatic carbocycles. The van der Waals surface area contributed by atoms with E-state index >= 15 is 0 Å². The normalized spacial score (nSPS) is 12.0. The topological polar surface area (TPSA) is 53.8 Å². The highest BCUT2D eigenvalue weighted by molar-refractivity contribution is 6.00. The van der Waals surface area contributed by atoms with Gasteiger partial charge in [0.05, 0.1) is 5.52 Å². The van der Waals surface area contributed by atoms with Crippen LogP contribution in [0.25, 0.3) is 10.9 Å². The van der Waals surface area contributed by atoms with Gasteiger partial charge in [0.2, 0.25) is 12.0 Å². The Morgan fingerprint density at radius 3 is 2.81 bits per heavy atom. The van der Waals surface area contributed by atoms with Crippen molar-refractivity contribution in [1.29, 1.82) is 5.26 Å². The van der Waals surface area contributed by atoms with Gasteiger partial charge in [-0.1, -0.05) is 24.3 Å². The lowest BCUT2D eigenvalue weighted by Gasteiger charge is -2.01. The van der Waals surface area contributed by atoms with Crippen molar-refractivity contribution in [3.8, 4) is 6.07 Å². The summed E-state index contributed by atoms with van der Waals surface area (Å²) in [7, 11) is 0. The van der Waals surface area contributed by atoms with Gasteiger partial charge in [-0.3, -0.25) is 4.79 Å². The van der Waals surface area contributed by atoms with Gasteiger partial charge in [0, 0.05) is 5.39 Å². The summed E-state index contributed by atoms with van der Waals surface area (Å²) in [6.45, 7) is 0. The van der Waals surface area contributed by atoms with Crippen molar-refractivity contribution < 1.29 is 9.18 Å². The number of rotatable bonds is 2.